The summed E-state index contributed by atoms with van der Waals surface area (Å²) in [6.45, 7) is 2.72. The quantitative estimate of drug-likeness (QED) is 0.0401. The molecule has 0 aliphatic carbocycles. The number of nitrogens with zero attached hydrogens (tertiary/aromatic N) is 5. The molecule has 1 aromatic carbocycles. The number of nitrogen functional groups attached to an aromatic ring is 2. The van der Waals surface area contributed by atoms with Crippen molar-refractivity contribution in [2.45, 2.75) is 44.0 Å². The van der Waals surface area contributed by atoms with Crippen LogP contribution in [0.2, 0.25) is 4.34 Å². The molecule has 5 heterocycles. The first kappa shape index (κ1) is 36.3. The van der Waals surface area contributed by atoms with Crippen molar-refractivity contribution in [1.29, 1.82) is 5.41 Å². The first-order valence-electron chi connectivity index (χ1n) is 15.3. The maximum absolute atomic E-state index is 14.8. The summed E-state index contributed by atoms with van der Waals surface area (Å²) in [4.78, 5) is 61.3. The molecule has 0 bridgehead atoms. The van der Waals surface area contributed by atoms with Gasteiger partial charge in [-0.25, -0.2) is 19.0 Å². The Morgan fingerprint density at radius 2 is 2.02 bits per heavy atom. The Morgan fingerprint density at radius 3 is 2.65 bits per heavy atom. The molecular weight excluding hydrogens is 741 g/mol. The fourth-order valence-corrected chi connectivity index (χ4v) is 7.78. The van der Waals surface area contributed by atoms with E-state index in [4.69, 9.17) is 33.3 Å². The van der Waals surface area contributed by atoms with Crippen molar-refractivity contribution in [3.8, 4) is 0 Å². The van der Waals surface area contributed by atoms with Crippen LogP contribution in [0, 0.1) is 11.2 Å². The minimum Gasteiger partial charge on any atom is -0.478 e. The van der Waals surface area contributed by atoms with Gasteiger partial charge < -0.3 is 36.4 Å². The Bertz CT molecular complexity index is 2250. The number of β-lactam (4-membered cyclic amide) rings is 1. The fourth-order valence-electron chi connectivity index (χ4n) is 5.52. The van der Waals surface area contributed by atoms with Gasteiger partial charge in [0, 0.05) is 40.1 Å². The number of aliphatic carboxylic acids is 2. The lowest BCUT2D eigenvalue weighted by Gasteiger charge is -2.49. The van der Waals surface area contributed by atoms with Crippen molar-refractivity contribution in [2.24, 2.45) is 10.9 Å². The van der Waals surface area contributed by atoms with Crippen LogP contribution in [0.15, 0.2) is 65.3 Å². The summed E-state index contributed by atoms with van der Waals surface area (Å²) >= 11 is 8.30. The summed E-state index contributed by atoms with van der Waals surface area (Å²) in [7, 11) is 0. The molecule has 2 atom stereocenters. The Kier molecular flexibility index (Phi) is 9.69. The van der Waals surface area contributed by atoms with Crippen LogP contribution in [0.1, 0.15) is 30.7 Å². The van der Waals surface area contributed by atoms with Crippen LogP contribution in [0.4, 0.5) is 9.52 Å². The van der Waals surface area contributed by atoms with E-state index in [2.05, 4.69) is 15.5 Å². The summed E-state index contributed by atoms with van der Waals surface area (Å²) in [6, 6.07) is 6.89. The maximum atomic E-state index is 14.8. The normalized spacial score (nSPS) is 17.5. The second-order valence-electron chi connectivity index (χ2n) is 12.3. The fraction of sp³-hybridized carbons (Fsp3) is 0.250. The molecule has 1 fully saturated rings. The van der Waals surface area contributed by atoms with Crippen molar-refractivity contribution in [2.75, 3.05) is 11.5 Å². The molecule has 3 aromatic heterocycles. The van der Waals surface area contributed by atoms with E-state index in [0.29, 0.717) is 11.1 Å². The molecule has 270 valence electrons. The zero-order chi connectivity index (χ0) is 37.6. The van der Waals surface area contributed by atoms with Crippen molar-refractivity contribution >= 4 is 86.0 Å². The highest BCUT2D eigenvalue weighted by molar-refractivity contribution is 8.00. The summed E-state index contributed by atoms with van der Waals surface area (Å²) in [5.41, 5.74) is 10.3. The molecule has 4 aromatic rings. The van der Waals surface area contributed by atoms with Crippen LogP contribution < -0.4 is 21.4 Å². The Morgan fingerprint density at radius 1 is 1.27 bits per heavy atom. The average Bonchev–Trinajstić information content (AvgIpc) is 3.64. The van der Waals surface area contributed by atoms with Crippen molar-refractivity contribution in [3.63, 3.8) is 0 Å². The van der Waals surface area contributed by atoms with Gasteiger partial charge in [-0.05, 0) is 26.0 Å². The van der Waals surface area contributed by atoms with Crippen LogP contribution in [-0.4, -0.2) is 82.7 Å². The number of carboxylic acids is 2. The zero-order valence-corrected chi connectivity index (χ0v) is 29.7. The second-order valence-corrected chi connectivity index (χ2v) is 15.0. The molecule has 0 unspecified atom stereocenters. The van der Waals surface area contributed by atoms with Crippen LogP contribution >= 0.6 is 34.7 Å². The Balaban J connectivity index is 1.22. The lowest BCUT2D eigenvalue weighted by molar-refractivity contribution is -0.687. The molecule has 8 N–H and O–H groups in total. The lowest BCUT2D eigenvalue weighted by atomic mass is 10.0. The Labute approximate surface area is 307 Å². The molecular formula is C32H30ClFN9O7S2+. The van der Waals surface area contributed by atoms with E-state index in [-0.39, 0.29) is 51.1 Å². The third-order valence-electron chi connectivity index (χ3n) is 8.31. The number of fused-ring (bicyclic) bond motifs is 2. The largest absolute Gasteiger partial charge is 0.478 e. The van der Waals surface area contributed by atoms with E-state index in [0.717, 1.165) is 27.1 Å². The molecule has 2 aliphatic heterocycles. The van der Waals surface area contributed by atoms with Crippen molar-refractivity contribution in [1.82, 2.24) is 19.8 Å². The minimum atomic E-state index is -1.84. The van der Waals surface area contributed by atoms with Gasteiger partial charge in [0.1, 0.15) is 44.3 Å². The lowest BCUT2D eigenvalue weighted by Crippen LogP contribution is -2.71. The van der Waals surface area contributed by atoms with E-state index in [1.54, 1.807) is 35.3 Å². The molecule has 16 nitrogen and oxygen atoms in total. The average molecular weight is 771 g/mol. The predicted octanol–water partition coefficient (Wildman–Crippen LogP) is 2.12. The number of rotatable bonds is 12. The number of nitrogens with one attached hydrogen (secondary N) is 2. The van der Waals surface area contributed by atoms with Crippen molar-refractivity contribution < 1.29 is 43.2 Å². The van der Waals surface area contributed by atoms with E-state index < -0.39 is 52.3 Å². The van der Waals surface area contributed by atoms with E-state index in [1.165, 1.54) is 31.7 Å². The smallest absolute Gasteiger partial charge is 0.352 e. The minimum absolute atomic E-state index is 0.00459. The molecule has 0 radical (unpaired) electrons. The number of benzene rings is 1. The molecule has 20 heteroatoms. The van der Waals surface area contributed by atoms with Crippen LogP contribution in [0.25, 0.3) is 10.9 Å². The predicted molar refractivity (Wildman–Crippen MR) is 189 cm³/mol. The third kappa shape index (κ3) is 6.89. The molecule has 0 saturated carbocycles. The number of thiazole rings is 1. The highest BCUT2D eigenvalue weighted by atomic mass is 35.5. The van der Waals surface area contributed by atoms with Gasteiger partial charge in [0.25, 0.3) is 11.8 Å². The summed E-state index contributed by atoms with van der Waals surface area (Å²) in [6.07, 6.45) is 5.37. The van der Waals surface area contributed by atoms with E-state index >= 15 is 0 Å². The summed E-state index contributed by atoms with van der Waals surface area (Å²) in [5.74, 6) is -4.91. The van der Waals surface area contributed by atoms with Crippen LogP contribution in [0.3, 0.4) is 0 Å². The molecule has 0 spiro atoms. The van der Waals surface area contributed by atoms with Gasteiger partial charge in [0.05, 0.1) is 6.54 Å². The number of hydrogen-bond acceptors (Lipinski definition) is 11. The SMILES string of the molecule is CC(C)(O/N=C(\C(=O)N[C@@H]1C(=O)N2C(C(=O)O)=C(C[n+]3ccc4ccn(Cc5ccc(C(=N)N)cc5F)c4c3)CS[C@H]12)c1nc(N)sc1Cl)C(=O)O. The highest BCUT2D eigenvalue weighted by Gasteiger charge is 2.55. The third-order valence-corrected chi connectivity index (χ3v) is 10.7. The number of thioether (sulfide) groups is 1. The standard InChI is InChI=1S/C32H29ClFN9O7S2/c1-32(2,30(48)49)50-40-21(20-24(33)52-31(37)39-20)26(44)38-22-27(45)43-23(29(46)47)17(13-51-28(22)43)10-41-7-5-14-6-8-42(19(14)12-41)11-16-4-3-15(25(35)36)9-18(16)34/h3-9,12,22,28H,10-11,13H2,1-2H3,(H7-,35,36,37,38,39,44,46,47,48,49)/p+1/b40-21-/t22-,28-/m1/s1. The first-order valence-corrected chi connectivity index (χ1v) is 17.5. The maximum Gasteiger partial charge on any atom is 0.352 e. The van der Waals surface area contributed by atoms with Gasteiger partial charge in [0.2, 0.25) is 5.60 Å². The van der Waals surface area contributed by atoms with E-state index in [9.17, 15) is 33.8 Å². The molecule has 1 saturated heterocycles. The number of amides is 2. The highest BCUT2D eigenvalue weighted by Crippen LogP contribution is 2.40. The molecule has 2 aliphatic rings. The van der Waals surface area contributed by atoms with Gasteiger partial charge in [-0.1, -0.05) is 40.2 Å². The van der Waals surface area contributed by atoms with E-state index in [1.807, 2.05) is 16.7 Å². The number of carbonyl (C=O) groups is 4. The number of oxime groups is 1. The van der Waals surface area contributed by atoms with Gasteiger partial charge in [-0.2, -0.15) is 4.57 Å². The van der Waals surface area contributed by atoms with Gasteiger partial charge in [-0.3, -0.25) is 19.9 Å². The number of nitrogens with two attached hydrogens (primary N) is 2. The number of carbonyl (C=O) groups excluding carboxylic acids is 2. The zero-order valence-electron chi connectivity index (χ0n) is 27.3. The first-order chi connectivity index (χ1) is 24.5. The Hall–Kier alpha value is -5.53. The summed E-state index contributed by atoms with van der Waals surface area (Å²) < 4.78 is 18.4. The number of pyridine rings is 1. The summed E-state index contributed by atoms with van der Waals surface area (Å²) in [5, 5.41) is 33.5. The van der Waals surface area contributed by atoms with Gasteiger partial charge in [-0.15, -0.1) is 11.8 Å². The van der Waals surface area contributed by atoms with Crippen LogP contribution in [-0.2, 0) is 37.1 Å². The number of anilines is 1. The molecule has 52 heavy (non-hydrogen) atoms. The second kappa shape index (κ2) is 13.9. The molecule has 6 rings (SSSR count). The van der Waals surface area contributed by atoms with Gasteiger partial charge >= 0.3 is 11.9 Å². The number of amidine groups is 1. The topological polar surface area (TPSA) is 243 Å². The van der Waals surface area contributed by atoms with Crippen LogP contribution in [0.5, 0.6) is 0 Å². The van der Waals surface area contributed by atoms with Crippen molar-refractivity contribution in [3.05, 3.63) is 87.2 Å². The molecule has 2 amide bonds. The number of aromatic nitrogens is 3. The number of hydrogen-bond donors (Lipinski definition) is 6. The van der Waals surface area contributed by atoms with Gasteiger partial charge in [0.15, 0.2) is 29.8 Å². The monoisotopic (exact) mass is 770 g/mol. The number of halogens is 2. The number of carboxylic acid groups (broad SMARTS) is 2.